The fourth-order valence-corrected chi connectivity index (χ4v) is 5.45. The van der Waals surface area contributed by atoms with Crippen molar-refractivity contribution in [2.45, 2.75) is 32.9 Å². The third kappa shape index (κ3) is 5.82. The molecule has 9 nitrogen and oxygen atoms in total. The van der Waals surface area contributed by atoms with Gasteiger partial charge in [-0.25, -0.2) is 27.9 Å². The van der Waals surface area contributed by atoms with Crippen molar-refractivity contribution in [1.29, 1.82) is 5.26 Å². The summed E-state index contributed by atoms with van der Waals surface area (Å²) in [5.41, 5.74) is 0.710. The van der Waals surface area contributed by atoms with E-state index in [0.717, 1.165) is 23.8 Å². The maximum atomic E-state index is 15.6. The normalized spacial score (nSPS) is 15.7. The smallest absolute Gasteiger partial charge is 0.335 e. The van der Waals surface area contributed by atoms with Crippen LogP contribution in [0.3, 0.4) is 0 Å². The fraction of sp³-hybridized carbons (Fsp3) is 0.242. The molecule has 1 fully saturated rings. The number of aromatic nitrogens is 4. The van der Waals surface area contributed by atoms with Crippen LogP contribution < -0.4 is 4.74 Å². The van der Waals surface area contributed by atoms with E-state index in [1.54, 1.807) is 28.8 Å². The van der Waals surface area contributed by atoms with Gasteiger partial charge in [-0.2, -0.15) is 10.2 Å². The Kier molecular flexibility index (Phi) is 7.72. The molecular formula is C33H26F3N5O4. The molecule has 0 spiro atoms. The molecule has 0 radical (unpaired) electrons. The molecule has 2 aromatic heterocycles. The molecule has 1 aliphatic heterocycles. The molecule has 0 bridgehead atoms. The van der Waals surface area contributed by atoms with Gasteiger partial charge in [0.1, 0.15) is 29.6 Å². The number of ether oxygens (including phenoxy) is 2. The van der Waals surface area contributed by atoms with Gasteiger partial charge in [0, 0.05) is 23.6 Å². The van der Waals surface area contributed by atoms with Gasteiger partial charge in [-0.3, -0.25) is 0 Å². The van der Waals surface area contributed by atoms with Crippen LogP contribution in [0, 0.1) is 34.2 Å². The van der Waals surface area contributed by atoms with Crippen LogP contribution in [0.25, 0.3) is 22.3 Å². The van der Waals surface area contributed by atoms with Crippen LogP contribution in [0.5, 0.6) is 6.01 Å². The summed E-state index contributed by atoms with van der Waals surface area (Å²) in [4.78, 5) is 24.4. The maximum Gasteiger partial charge on any atom is 0.335 e. The first-order chi connectivity index (χ1) is 21.5. The summed E-state index contributed by atoms with van der Waals surface area (Å²) in [5, 5.41) is 18.5. The van der Waals surface area contributed by atoms with Gasteiger partial charge in [0.25, 0.3) is 0 Å². The van der Waals surface area contributed by atoms with Crippen molar-refractivity contribution >= 4 is 17.0 Å². The molecule has 3 heterocycles. The van der Waals surface area contributed by atoms with Crippen molar-refractivity contribution in [3.05, 3.63) is 106 Å². The minimum Gasteiger partial charge on any atom is -0.478 e. The number of fused-ring (bicyclic) bond motifs is 1. The van der Waals surface area contributed by atoms with E-state index in [1.165, 1.54) is 18.3 Å². The lowest BCUT2D eigenvalue weighted by atomic mass is 9.87. The summed E-state index contributed by atoms with van der Waals surface area (Å²) in [6.45, 7) is 4.66. The number of hydrogen-bond acceptors (Lipinski definition) is 7. The zero-order chi connectivity index (χ0) is 31.9. The van der Waals surface area contributed by atoms with Crippen LogP contribution in [-0.2, 0) is 17.8 Å². The lowest BCUT2D eigenvalue weighted by Gasteiger charge is -2.28. The van der Waals surface area contributed by atoms with Gasteiger partial charge in [0.15, 0.2) is 5.82 Å². The predicted octanol–water partition coefficient (Wildman–Crippen LogP) is 6.25. The quantitative estimate of drug-likeness (QED) is 0.218. The van der Waals surface area contributed by atoms with Crippen molar-refractivity contribution in [2.75, 3.05) is 13.2 Å². The number of carbonyl (C=O) groups is 1. The Morgan fingerprint density at radius 1 is 1.09 bits per heavy atom. The minimum absolute atomic E-state index is 0.0326. The van der Waals surface area contributed by atoms with Gasteiger partial charge >= 0.3 is 12.0 Å². The standard InChI is InChI=1S/C33H26F3N5O4/c1-33(2)17-44-16-28(33)41-27-11-21(31(42)43)10-25(36)30(27)40-29(41)12-20-9-24(35)22(13-23(20)34)26-7-8-38-32(39-26)45-15-19-5-3-18(14-37)4-6-19/h3-11,13,28H,12,15-17H2,1-2H3,(H,42,43)/t28-/m1/s1. The average molecular weight is 614 g/mol. The van der Waals surface area contributed by atoms with Gasteiger partial charge in [0.2, 0.25) is 0 Å². The summed E-state index contributed by atoms with van der Waals surface area (Å²) in [6, 6.07) is 14.1. The summed E-state index contributed by atoms with van der Waals surface area (Å²) in [7, 11) is 0. The Balaban J connectivity index is 1.32. The number of nitrogens with zero attached hydrogens (tertiary/aromatic N) is 5. The van der Waals surface area contributed by atoms with E-state index in [0.29, 0.717) is 12.2 Å². The van der Waals surface area contributed by atoms with Gasteiger partial charge < -0.3 is 19.1 Å². The number of rotatable bonds is 8. The van der Waals surface area contributed by atoms with E-state index < -0.39 is 28.8 Å². The maximum absolute atomic E-state index is 15.6. The van der Waals surface area contributed by atoms with E-state index in [9.17, 15) is 9.90 Å². The lowest BCUT2D eigenvalue weighted by molar-refractivity contribution is 0.0696. The topological polar surface area (TPSA) is 123 Å². The number of hydrogen-bond donors (Lipinski definition) is 1. The van der Waals surface area contributed by atoms with E-state index in [-0.39, 0.29) is 70.9 Å². The first-order valence-electron chi connectivity index (χ1n) is 14.0. The molecule has 5 aromatic rings. The molecular weight excluding hydrogens is 587 g/mol. The lowest BCUT2D eigenvalue weighted by Crippen LogP contribution is -2.27. The average Bonchev–Trinajstić information content (AvgIpc) is 3.56. The van der Waals surface area contributed by atoms with Crippen molar-refractivity contribution in [3.8, 4) is 23.3 Å². The molecule has 1 saturated heterocycles. The van der Waals surface area contributed by atoms with Crippen LogP contribution in [0.2, 0.25) is 0 Å². The van der Waals surface area contributed by atoms with Crippen LogP contribution in [0.15, 0.2) is 60.8 Å². The summed E-state index contributed by atoms with van der Waals surface area (Å²) < 4.78 is 59.3. The largest absolute Gasteiger partial charge is 0.478 e. The molecule has 12 heteroatoms. The highest BCUT2D eigenvalue weighted by molar-refractivity contribution is 5.93. The van der Waals surface area contributed by atoms with Crippen LogP contribution in [0.1, 0.15) is 52.8 Å². The molecule has 6 rings (SSSR count). The van der Waals surface area contributed by atoms with E-state index in [4.69, 9.17) is 14.7 Å². The van der Waals surface area contributed by atoms with Crippen molar-refractivity contribution in [2.24, 2.45) is 5.41 Å². The summed E-state index contributed by atoms with van der Waals surface area (Å²) >= 11 is 0. The van der Waals surface area contributed by atoms with E-state index in [1.807, 2.05) is 19.9 Å². The Bertz CT molecular complexity index is 1990. The second kappa shape index (κ2) is 11.7. The number of halogens is 3. The number of imidazole rings is 1. The molecule has 228 valence electrons. The molecule has 0 unspecified atom stereocenters. The van der Waals surface area contributed by atoms with Crippen LogP contribution in [0.4, 0.5) is 13.2 Å². The minimum atomic E-state index is -1.30. The number of benzene rings is 3. The number of nitriles is 1. The predicted molar refractivity (Wildman–Crippen MR) is 156 cm³/mol. The Morgan fingerprint density at radius 2 is 1.87 bits per heavy atom. The molecule has 1 N–H and O–H groups in total. The molecule has 0 amide bonds. The summed E-state index contributed by atoms with van der Waals surface area (Å²) in [6.07, 6.45) is 1.17. The molecule has 45 heavy (non-hydrogen) atoms. The highest BCUT2D eigenvalue weighted by Crippen LogP contribution is 2.41. The SMILES string of the molecule is CC1(C)COC[C@H]1n1c(Cc2cc(F)c(-c3ccnc(OCc4ccc(C#N)cc4)n3)cc2F)nc2c(F)cc(C(=O)O)cc21. The van der Waals surface area contributed by atoms with E-state index in [2.05, 4.69) is 15.0 Å². The molecule has 1 atom stereocenters. The molecule has 0 aliphatic carbocycles. The number of carboxylic acid groups (broad SMARTS) is 1. The molecule has 1 aliphatic rings. The Hall–Kier alpha value is -5.28. The molecule has 0 saturated carbocycles. The first kappa shape index (κ1) is 29.8. The van der Waals surface area contributed by atoms with Gasteiger partial charge in [-0.1, -0.05) is 26.0 Å². The third-order valence-electron chi connectivity index (χ3n) is 7.88. The van der Waals surface area contributed by atoms with Gasteiger partial charge in [-0.05, 0) is 53.6 Å². The fourth-order valence-electron chi connectivity index (χ4n) is 5.45. The zero-order valence-corrected chi connectivity index (χ0v) is 24.2. The summed E-state index contributed by atoms with van der Waals surface area (Å²) in [5.74, 6) is -3.39. The number of aromatic carboxylic acids is 1. The highest BCUT2D eigenvalue weighted by Gasteiger charge is 2.39. The molecule has 3 aromatic carbocycles. The monoisotopic (exact) mass is 613 g/mol. The van der Waals surface area contributed by atoms with Gasteiger partial charge in [-0.15, -0.1) is 0 Å². The third-order valence-corrected chi connectivity index (χ3v) is 7.88. The van der Waals surface area contributed by atoms with Crippen molar-refractivity contribution in [3.63, 3.8) is 0 Å². The Labute approximate surface area is 255 Å². The second-order valence-corrected chi connectivity index (χ2v) is 11.5. The van der Waals surface area contributed by atoms with Crippen molar-refractivity contribution < 1.29 is 32.5 Å². The van der Waals surface area contributed by atoms with Crippen LogP contribution >= 0.6 is 0 Å². The Morgan fingerprint density at radius 3 is 2.56 bits per heavy atom. The second-order valence-electron chi connectivity index (χ2n) is 11.5. The highest BCUT2D eigenvalue weighted by atomic mass is 19.1. The first-order valence-corrected chi connectivity index (χ1v) is 14.0. The van der Waals surface area contributed by atoms with E-state index >= 15 is 13.2 Å². The van der Waals surface area contributed by atoms with Gasteiger partial charge in [0.05, 0.1) is 47.7 Å². The zero-order valence-electron chi connectivity index (χ0n) is 24.2. The van der Waals surface area contributed by atoms with Crippen LogP contribution in [-0.4, -0.2) is 43.8 Å². The van der Waals surface area contributed by atoms with Crippen molar-refractivity contribution in [1.82, 2.24) is 19.5 Å². The number of carboxylic acids is 1.